The zero-order chi connectivity index (χ0) is 29.9. The number of pyridine rings is 1. The Morgan fingerprint density at radius 2 is 1.90 bits per heavy atom. The number of fused-ring (bicyclic) bond motifs is 1. The fourth-order valence-corrected chi connectivity index (χ4v) is 5.06. The summed E-state index contributed by atoms with van der Waals surface area (Å²) >= 11 is 0. The van der Waals surface area contributed by atoms with Gasteiger partial charge in [0, 0.05) is 56.1 Å². The number of alkyl halides is 3. The smallest absolute Gasteiger partial charge is 0.406 e. The molecule has 1 amide bonds. The number of hydrogen-bond acceptors (Lipinski definition) is 6. The molecule has 0 bridgehead atoms. The first kappa shape index (κ1) is 29.1. The van der Waals surface area contributed by atoms with Gasteiger partial charge in [-0.25, -0.2) is 9.97 Å². The Balaban J connectivity index is 1.24. The van der Waals surface area contributed by atoms with Crippen molar-refractivity contribution in [2.24, 2.45) is 0 Å². The van der Waals surface area contributed by atoms with Gasteiger partial charge in [0.25, 0.3) is 0 Å². The van der Waals surface area contributed by atoms with Crippen LogP contribution in [0.1, 0.15) is 35.9 Å². The Kier molecular flexibility index (Phi) is 8.49. The standard InChI is InChI=1S/C31H33F3N6O2/c1-20-16-27-30(36-17-20)40(19-23-4-10-26(11-5-23)42-31(32,33)34)28(38-27)12-13-29(41)37-22(3)24-6-8-25(9-7-24)39-15-14-35-21(2)18-39/h4-11,16-17,21,35H,3,12-15,18-19H2,1-2H3,(H,37,41)/t21-/m0/s1. The molecule has 4 aromatic rings. The van der Waals surface area contributed by atoms with Gasteiger partial charge in [0.05, 0.1) is 6.54 Å². The summed E-state index contributed by atoms with van der Waals surface area (Å²) in [5.41, 5.74) is 5.49. The number of halogens is 3. The third-order valence-corrected chi connectivity index (χ3v) is 7.11. The number of anilines is 1. The number of imidazole rings is 1. The van der Waals surface area contributed by atoms with Crippen LogP contribution in [0.4, 0.5) is 18.9 Å². The number of nitrogens with zero attached hydrogens (tertiary/aromatic N) is 4. The summed E-state index contributed by atoms with van der Waals surface area (Å²) < 4.78 is 43.5. The van der Waals surface area contributed by atoms with Gasteiger partial charge in [-0.3, -0.25) is 4.79 Å². The van der Waals surface area contributed by atoms with Gasteiger partial charge in [0.15, 0.2) is 5.65 Å². The minimum atomic E-state index is -4.75. The van der Waals surface area contributed by atoms with Gasteiger partial charge in [-0.05, 0) is 60.9 Å². The summed E-state index contributed by atoms with van der Waals surface area (Å²) in [5, 5.41) is 6.33. The molecule has 1 saturated heterocycles. The highest BCUT2D eigenvalue weighted by Gasteiger charge is 2.31. The number of piperazine rings is 1. The monoisotopic (exact) mass is 578 g/mol. The molecule has 220 valence electrons. The maximum absolute atomic E-state index is 12.9. The minimum Gasteiger partial charge on any atom is -0.406 e. The van der Waals surface area contributed by atoms with Crippen LogP contribution in [0.3, 0.4) is 0 Å². The van der Waals surface area contributed by atoms with E-state index in [1.807, 2.05) is 41.8 Å². The van der Waals surface area contributed by atoms with Crippen LogP contribution in [0.5, 0.6) is 5.75 Å². The van der Waals surface area contributed by atoms with Crippen molar-refractivity contribution in [2.75, 3.05) is 24.5 Å². The molecule has 2 aromatic carbocycles. The molecule has 2 N–H and O–H groups in total. The number of carbonyl (C=O) groups excluding carboxylic acids is 1. The lowest BCUT2D eigenvalue weighted by molar-refractivity contribution is -0.274. The van der Waals surface area contributed by atoms with Crippen LogP contribution in [-0.2, 0) is 17.8 Å². The van der Waals surface area contributed by atoms with Crippen LogP contribution in [0.25, 0.3) is 16.9 Å². The van der Waals surface area contributed by atoms with Crippen LogP contribution in [0.2, 0.25) is 0 Å². The van der Waals surface area contributed by atoms with Crippen molar-refractivity contribution in [1.29, 1.82) is 0 Å². The second kappa shape index (κ2) is 12.2. The molecule has 0 aliphatic carbocycles. The van der Waals surface area contributed by atoms with Crippen LogP contribution in [0, 0.1) is 6.92 Å². The second-order valence-corrected chi connectivity index (χ2v) is 10.5. The van der Waals surface area contributed by atoms with E-state index in [0.29, 0.717) is 41.7 Å². The summed E-state index contributed by atoms with van der Waals surface area (Å²) in [7, 11) is 0. The number of carbonyl (C=O) groups is 1. The lowest BCUT2D eigenvalue weighted by Gasteiger charge is -2.33. The van der Waals surface area contributed by atoms with Gasteiger partial charge in [0.2, 0.25) is 5.91 Å². The molecule has 3 heterocycles. The Morgan fingerprint density at radius 3 is 2.60 bits per heavy atom. The predicted octanol–water partition coefficient (Wildman–Crippen LogP) is 5.20. The lowest BCUT2D eigenvalue weighted by atomic mass is 10.1. The average Bonchev–Trinajstić information content (AvgIpc) is 3.28. The van der Waals surface area contributed by atoms with E-state index in [-0.39, 0.29) is 18.1 Å². The topological polar surface area (TPSA) is 84.3 Å². The summed E-state index contributed by atoms with van der Waals surface area (Å²) in [6, 6.07) is 16.0. The van der Waals surface area contributed by atoms with Crippen molar-refractivity contribution in [3.63, 3.8) is 0 Å². The third-order valence-electron chi connectivity index (χ3n) is 7.11. The van der Waals surface area contributed by atoms with Crippen LogP contribution in [0.15, 0.2) is 67.4 Å². The first-order valence-corrected chi connectivity index (χ1v) is 13.8. The maximum atomic E-state index is 12.9. The number of aromatic nitrogens is 3. The molecular formula is C31H33F3N6O2. The molecule has 0 unspecified atom stereocenters. The zero-order valence-electron chi connectivity index (χ0n) is 23.5. The van der Waals surface area contributed by atoms with E-state index in [0.717, 1.165) is 42.0 Å². The fraction of sp³-hybridized carbons (Fsp3) is 0.323. The van der Waals surface area contributed by atoms with Gasteiger partial charge < -0.3 is 24.8 Å². The summed E-state index contributed by atoms with van der Waals surface area (Å²) in [6.45, 7) is 11.3. The van der Waals surface area contributed by atoms with Crippen molar-refractivity contribution in [2.45, 2.75) is 45.6 Å². The van der Waals surface area contributed by atoms with Gasteiger partial charge in [-0.1, -0.05) is 30.8 Å². The van der Waals surface area contributed by atoms with Crippen LogP contribution in [-0.4, -0.2) is 52.5 Å². The number of hydrogen-bond donors (Lipinski definition) is 2. The minimum absolute atomic E-state index is 0.163. The zero-order valence-corrected chi connectivity index (χ0v) is 23.5. The van der Waals surface area contributed by atoms with Crippen molar-refractivity contribution in [3.8, 4) is 5.75 Å². The molecule has 0 radical (unpaired) electrons. The van der Waals surface area contributed by atoms with E-state index < -0.39 is 6.36 Å². The number of nitrogens with one attached hydrogen (secondary N) is 2. The second-order valence-electron chi connectivity index (χ2n) is 10.5. The van der Waals surface area contributed by atoms with E-state index in [1.165, 1.54) is 12.1 Å². The Labute approximate surface area is 242 Å². The molecule has 1 atom stereocenters. The normalized spacial score (nSPS) is 15.5. The average molecular weight is 579 g/mol. The SMILES string of the molecule is C=C(NC(=O)CCc1nc2cc(C)cnc2n1Cc1ccc(OC(F)(F)F)cc1)c1ccc(N2CCN[C@@H](C)C2)cc1. The molecule has 42 heavy (non-hydrogen) atoms. The molecule has 0 spiro atoms. The van der Waals surface area contributed by atoms with Crippen molar-refractivity contribution in [1.82, 2.24) is 25.2 Å². The maximum Gasteiger partial charge on any atom is 0.573 e. The molecule has 5 rings (SSSR count). The quantitative estimate of drug-likeness (QED) is 0.284. The van der Waals surface area contributed by atoms with Crippen molar-refractivity contribution < 1.29 is 22.7 Å². The largest absolute Gasteiger partial charge is 0.573 e. The number of amides is 1. The molecule has 8 nitrogen and oxygen atoms in total. The van der Waals surface area contributed by atoms with Crippen molar-refractivity contribution in [3.05, 3.63) is 89.9 Å². The van der Waals surface area contributed by atoms with Gasteiger partial charge in [0.1, 0.15) is 17.1 Å². The van der Waals surface area contributed by atoms with E-state index in [2.05, 4.69) is 38.8 Å². The predicted molar refractivity (Wildman–Crippen MR) is 156 cm³/mol. The highest BCUT2D eigenvalue weighted by Crippen LogP contribution is 2.25. The Bertz CT molecular complexity index is 1560. The number of rotatable bonds is 9. The van der Waals surface area contributed by atoms with Crippen LogP contribution >= 0.6 is 0 Å². The van der Waals surface area contributed by atoms with E-state index in [9.17, 15) is 18.0 Å². The first-order valence-electron chi connectivity index (χ1n) is 13.8. The number of ether oxygens (including phenoxy) is 1. The summed E-state index contributed by atoms with van der Waals surface area (Å²) in [4.78, 5) is 24.5. The highest BCUT2D eigenvalue weighted by molar-refractivity contribution is 5.86. The number of aryl methyl sites for hydroxylation is 2. The first-order chi connectivity index (χ1) is 20.0. The molecule has 2 aromatic heterocycles. The highest BCUT2D eigenvalue weighted by atomic mass is 19.4. The Morgan fingerprint density at radius 1 is 1.17 bits per heavy atom. The third kappa shape index (κ3) is 7.27. The molecule has 1 aliphatic heterocycles. The van der Waals surface area contributed by atoms with Crippen molar-refractivity contribution >= 4 is 28.5 Å². The van der Waals surface area contributed by atoms with Crippen LogP contribution < -0.4 is 20.3 Å². The molecule has 1 fully saturated rings. The lowest BCUT2D eigenvalue weighted by Crippen LogP contribution is -2.49. The molecule has 1 aliphatic rings. The van der Waals surface area contributed by atoms with E-state index in [1.54, 1.807) is 18.3 Å². The van der Waals surface area contributed by atoms with Gasteiger partial charge in [-0.2, -0.15) is 0 Å². The van der Waals surface area contributed by atoms with Gasteiger partial charge >= 0.3 is 6.36 Å². The van der Waals surface area contributed by atoms with Gasteiger partial charge in [-0.15, -0.1) is 13.2 Å². The van der Waals surface area contributed by atoms with E-state index in [4.69, 9.17) is 4.98 Å². The summed E-state index contributed by atoms with van der Waals surface area (Å²) in [5.74, 6) is 0.158. The molecule has 0 saturated carbocycles. The molecular weight excluding hydrogens is 545 g/mol. The van der Waals surface area contributed by atoms with E-state index >= 15 is 0 Å². The Hall–Kier alpha value is -4.38. The fourth-order valence-electron chi connectivity index (χ4n) is 5.06. The summed E-state index contributed by atoms with van der Waals surface area (Å²) in [6.07, 6.45) is -2.52. The number of benzene rings is 2. The molecule has 11 heteroatoms.